The van der Waals surface area contributed by atoms with Crippen LogP contribution in [0.2, 0.25) is 0 Å². The van der Waals surface area contributed by atoms with Gasteiger partial charge in [0.05, 0.1) is 22.3 Å². The van der Waals surface area contributed by atoms with Crippen molar-refractivity contribution in [2.75, 3.05) is 24.4 Å². The summed E-state index contributed by atoms with van der Waals surface area (Å²) in [6, 6.07) is 9.81. The molecule has 7 heteroatoms. The Bertz CT molecular complexity index is 861. The van der Waals surface area contributed by atoms with E-state index in [4.69, 9.17) is 0 Å². The minimum absolute atomic E-state index is 0.0910. The van der Waals surface area contributed by atoms with E-state index < -0.39 is 10.0 Å². The van der Waals surface area contributed by atoms with Gasteiger partial charge < -0.3 is 4.90 Å². The molecule has 26 heavy (non-hydrogen) atoms. The highest BCUT2D eigenvalue weighted by Crippen LogP contribution is 2.23. The first-order chi connectivity index (χ1) is 12.5. The molecule has 0 saturated carbocycles. The molecule has 1 amide bonds. The van der Waals surface area contributed by atoms with E-state index in [-0.39, 0.29) is 10.8 Å². The Morgan fingerprint density at radius 3 is 2.35 bits per heavy atom. The summed E-state index contributed by atoms with van der Waals surface area (Å²) in [5, 5.41) is 0. The molecule has 6 nitrogen and oxygen atoms in total. The van der Waals surface area contributed by atoms with Crippen molar-refractivity contribution >= 4 is 21.6 Å². The van der Waals surface area contributed by atoms with E-state index in [1.807, 2.05) is 4.90 Å². The molecule has 0 spiro atoms. The zero-order valence-corrected chi connectivity index (χ0v) is 15.7. The highest BCUT2D eigenvalue weighted by molar-refractivity contribution is 7.92. The van der Waals surface area contributed by atoms with Crippen LogP contribution in [-0.4, -0.2) is 44.3 Å². The average molecular weight is 373 g/mol. The number of rotatable bonds is 4. The molecule has 1 aromatic heterocycles. The van der Waals surface area contributed by atoms with E-state index >= 15 is 0 Å². The molecule has 0 N–H and O–H groups in total. The van der Waals surface area contributed by atoms with Crippen molar-refractivity contribution in [3.8, 4) is 0 Å². The van der Waals surface area contributed by atoms with E-state index in [0.717, 1.165) is 43.1 Å². The van der Waals surface area contributed by atoms with Crippen LogP contribution in [0.3, 0.4) is 0 Å². The normalized spacial score (nSPS) is 15.3. The van der Waals surface area contributed by atoms with Crippen LogP contribution in [0.5, 0.6) is 0 Å². The fourth-order valence-electron chi connectivity index (χ4n) is 3.06. The number of pyridine rings is 1. The van der Waals surface area contributed by atoms with Crippen LogP contribution < -0.4 is 4.31 Å². The van der Waals surface area contributed by atoms with Crippen LogP contribution in [0.4, 0.5) is 5.69 Å². The number of benzene rings is 1. The predicted octanol–water partition coefficient (Wildman–Crippen LogP) is 2.92. The van der Waals surface area contributed by atoms with Crippen LogP contribution >= 0.6 is 0 Å². The Morgan fingerprint density at radius 1 is 1.04 bits per heavy atom. The molecule has 0 aliphatic carbocycles. The number of nitrogens with zero attached hydrogens (tertiary/aromatic N) is 3. The minimum atomic E-state index is -3.70. The Morgan fingerprint density at radius 2 is 1.69 bits per heavy atom. The number of hydrogen-bond acceptors (Lipinski definition) is 4. The molecule has 0 atom stereocenters. The number of anilines is 1. The molecule has 138 valence electrons. The van der Waals surface area contributed by atoms with Crippen LogP contribution in [0.1, 0.15) is 36.0 Å². The van der Waals surface area contributed by atoms with Gasteiger partial charge in [-0.15, -0.1) is 0 Å². The number of likely N-dealkylation sites (tertiary alicyclic amines) is 1. The Hall–Kier alpha value is -2.41. The summed E-state index contributed by atoms with van der Waals surface area (Å²) in [5.74, 6) is -0.0910. The number of aromatic nitrogens is 1. The van der Waals surface area contributed by atoms with Gasteiger partial charge in [-0.25, -0.2) is 8.42 Å². The van der Waals surface area contributed by atoms with E-state index in [9.17, 15) is 13.2 Å². The zero-order valence-electron chi connectivity index (χ0n) is 14.8. The second kappa shape index (κ2) is 7.86. The summed E-state index contributed by atoms with van der Waals surface area (Å²) in [6.07, 6.45) is 7.24. The van der Waals surface area contributed by atoms with Crippen molar-refractivity contribution in [2.45, 2.75) is 30.6 Å². The molecular formula is C19H23N3O3S. The van der Waals surface area contributed by atoms with Crippen molar-refractivity contribution in [1.29, 1.82) is 0 Å². The van der Waals surface area contributed by atoms with Gasteiger partial charge in [0.15, 0.2) is 0 Å². The van der Waals surface area contributed by atoms with Gasteiger partial charge in [0.2, 0.25) is 0 Å². The summed E-state index contributed by atoms with van der Waals surface area (Å²) >= 11 is 0. The first-order valence-electron chi connectivity index (χ1n) is 8.78. The molecule has 0 radical (unpaired) electrons. The molecule has 2 aromatic rings. The van der Waals surface area contributed by atoms with Gasteiger partial charge in [-0.3, -0.25) is 14.1 Å². The lowest BCUT2D eigenvalue weighted by Crippen LogP contribution is -2.32. The third-order valence-corrected chi connectivity index (χ3v) is 6.43. The van der Waals surface area contributed by atoms with Crippen LogP contribution in [0.25, 0.3) is 0 Å². The number of carbonyl (C=O) groups is 1. The number of amides is 1. The van der Waals surface area contributed by atoms with Gasteiger partial charge in [0.1, 0.15) is 0 Å². The fourth-order valence-corrected chi connectivity index (χ4v) is 4.26. The molecule has 1 aliphatic rings. The lowest BCUT2D eigenvalue weighted by Gasteiger charge is -2.22. The summed E-state index contributed by atoms with van der Waals surface area (Å²) in [4.78, 5) is 18.9. The Labute approximate surface area is 154 Å². The van der Waals surface area contributed by atoms with Gasteiger partial charge in [-0.05, 0) is 31.0 Å². The molecule has 0 unspecified atom stereocenters. The third kappa shape index (κ3) is 3.88. The fraction of sp³-hybridized carbons (Fsp3) is 0.368. The molecular weight excluding hydrogens is 350 g/mol. The van der Waals surface area contributed by atoms with E-state index in [1.54, 1.807) is 36.4 Å². The number of sulfonamides is 1. The van der Waals surface area contributed by atoms with Gasteiger partial charge in [0.25, 0.3) is 15.9 Å². The van der Waals surface area contributed by atoms with Gasteiger partial charge in [-0.2, -0.15) is 0 Å². The molecule has 1 aromatic carbocycles. The second-order valence-electron chi connectivity index (χ2n) is 6.42. The van der Waals surface area contributed by atoms with E-state index in [1.165, 1.54) is 19.4 Å². The standard InChI is InChI=1S/C19H23N3O3S/c1-21(26(24,25)18-9-5-4-6-10-18)17-13-16(14-20-15-17)19(23)22-11-7-2-3-8-12-22/h4-6,9-10,13-15H,2-3,7-8,11-12H2,1H3. The lowest BCUT2D eigenvalue weighted by molar-refractivity contribution is 0.0761. The highest BCUT2D eigenvalue weighted by atomic mass is 32.2. The quantitative estimate of drug-likeness (QED) is 0.826. The molecule has 1 fully saturated rings. The molecule has 1 saturated heterocycles. The summed E-state index contributed by atoms with van der Waals surface area (Å²) < 4.78 is 26.7. The molecule has 2 heterocycles. The first kappa shape index (κ1) is 18.4. The van der Waals surface area contributed by atoms with Crippen LogP contribution in [-0.2, 0) is 10.0 Å². The maximum atomic E-state index is 12.8. The average Bonchev–Trinajstić information content (AvgIpc) is 2.97. The molecule has 1 aliphatic heterocycles. The van der Waals surface area contributed by atoms with Crippen molar-refractivity contribution in [1.82, 2.24) is 9.88 Å². The van der Waals surface area contributed by atoms with Crippen molar-refractivity contribution in [3.05, 3.63) is 54.4 Å². The van der Waals surface area contributed by atoms with Crippen molar-refractivity contribution < 1.29 is 13.2 Å². The lowest BCUT2D eigenvalue weighted by atomic mass is 10.2. The second-order valence-corrected chi connectivity index (χ2v) is 8.39. The Balaban J connectivity index is 1.85. The first-order valence-corrected chi connectivity index (χ1v) is 10.2. The maximum absolute atomic E-state index is 12.8. The Kier molecular flexibility index (Phi) is 5.56. The number of carbonyl (C=O) groups excluding carboxylic acids is 1. The van der Waals surface area contributed by atoms with Gasteiger partial charge >= 0.3 is 0 Å². The molecule has 3 rings (SSSR count). The predicted molar refractivity (Wildman–Crippen MR) is 101 cm³/mol. The molecule has 0 bridgehead atoms. The SMILES string of the molecule is CN(c1cncc(C(=O)N2CCCCCC2)c1)S(=O)(=O)c1ccccc1. The summed E-state index contributed by atoms with van der Waals surface area (Å²) in [7, 11) is -2.22. The minimum Gasteiger partial charge on any atom is -0.339 e. The van der Waals surface area contributed by atoms with Crippen LogP contribution in [0.15, 0.2) is 53.7 Å². The monoisotopic (exact) mass is 373 g/mol. The van der Waals surface area contributed by atoms with E-state index in [2.05, 4.69) is 4.98 Å². The summed E-state index contributed by atoms with van der Waals surface area (Å²) in [6.45, 7) is 1.47. The highest BCUT2D eigenvalue weighted by Gasteiger charge is 2.23. The largest absolute Gasteiger partial charge is 0.339 e. The zero-order chi connectivity index (χ0) is 18.6. The smallest absolute Gasteiger partial charge is 0.264 e. The van der Waals surface area contributed by atoms with Crippen molar-refractivity contribution in [3.63, 3.8) is 0 Å². The van der Waals surface area contributed by atoms with Crippen LogP contribution in [0, 0.1) is 0 Å². The topological polar surface area (TPSA) is 70.6 Å². The third-order valence-electron chi connectivity index (χ3n) is 4.63. The summed E-state index contributed by atoms with van der Waals surface area (Å²) in [5.41, 5.74) is 0.786. The number of hydrogen-bond donors (Lipinski definition) is 0. The van der Waals surface area contributed by atoms with E-state index in [0.29, 0.717) is 11.3 Å². The van der Waals surface area contributed by atoms with Crippen molar-refractivity contribution in [2.24, 2.45) is 0 Å². The van der Waals surface area contributed by atoms with Gasteiger partial charge in [0, 0.05) is 26.3 Å². The maximum Gasteiger partial charge on any atom is 0.264 e. The van der Waals surface area contributed by atoms with Gasteiger partial charge in [-0.1, -0.05) is 31.0 Å².